The Morgan fingerprint density at radius 1 is 0.789 bits per heavy atom. The van der Waals surface area contributed by atoms with Gasteiger partial charge < -0.3 is 14.6 Å². The summed E-state index contributed by atoms with van der Waals surface area (Å²) in [6, 6.07) is 12.2. The molecule has 0 spiro atoms. The second kappa shape index (κ2) is 5.83. The number of hydrogen-bond acceptors (Lipinski definition) is 3. The smallest absolute Gasteiger partial charge is 0.123 e. The van der Waals surface area contributed by atoms with Gasteiger partial charge in [0.2, 0.25) is 0 Å². The lowest BCUT2D eigenvalue weighted by Crippen LogP contribution is -1.88. The van der Waals surface area contributed by atoms with Crippen molar-refractivity contribution >= 4 is 0 Å². The molecule has 0 aliphatic heterocycles. The maximum Gasteiger partial charge on any atom is 0.123 e. The van der Waals surface area contributed by atoms with Crippen LogP contribution in [-0.2, 0) is 0 Å². The summed E-state index contributed by atoms with van der Waals surface area (Å²) < 4.78 is 10.4. The van der Waals surface area contributed by atoms with Crippen molar-refractivity contribution in [1.29, 1.82) is 0 Å². The average Bonchev–Trinajstić information content (AvgIpc) is 2.46. The molecule has 1 N–H and O–H groups in total. The maximum atomic E-state index is 9.20. The highest BCUT2D eigenvalue weighted by molar-refractivity contribution is 5.49. The van der Waals surface area contributed by atoms with Gasteiger partial charge in [-0.3, -0.25) is 0 Å². The van der Waals surface area contributed by atoms with Gasteiger partial charge in [-0.15, -0.1) is 0 Å². The van der Waals surface area contributed by atoms with Crippen LogP contribution in [0, 0.1) is 11.8 Å². The molecular weight excluding hydrogens is 240 g/mol. The molecule has 2 rings (SSSR count). The van der Waals surface area contributed by atoms with Gasteiger partial charge in [0.1, 0.15) is 17.2 Å². The van der Waals surface area contributed by atoms with E-state index in [0.717, 1.165) is 11.1 Å². The van der Waals surface area contributed by atoms with Crippen LogP contribution in [0.3, 0.4) is 0 Å². The first-order valence-electron chi connectivity index (χ1n) is 5.75. The second-order valence-electron chi connectivity index (χ2n) is 3.90. The van der Waals surface area contributed by atoms with Crippen LogP contribution in [0.1, 0.15) is 11.1 Å². The Morgan fingerprint density at radius 2 is 1.32 bits per heavy atom. The van der Waals surface area contributed by atoms with Gasteiger partial charge in [0.15, 0.2) is 0 Å². The van der Waals surface area contributed by atoms with Crippen LogP contribution in [0.25, 0.3) is 0 Å². The lowest BCUT2D eigenvalue weighted by Gasteiger charge is -2.04. The minimum atomic E-state index is 0.230. The zero-order valence-electron chi connectivity index (χ0n) is 10.8. The van der Waals surface area contributed by atoms with E-state index >= 15 is 0 Å². The average molecular weight is 254 g/mol. The molecule has 0 atom stereocenters. The van der Waals surface area contributed by atoms with Gasteiger partial charge in [-0.05, 0) is 36.4 Å². The van der Waals surface area contributed by atoms with Crippen molar-refractivity contribution in [1.82, 2.24) is 0 Å². The highest BCUT2D eigenvalue weighted by atomic mass is 16.5. The van der Waals surface area contributed by atoms with Gasteiger partial charge >= 0.3 is 0 Å². The minimum Gasteiger partial charge on any atom is -0.508 e. The van der Waals surface area contributed by atoms with E-state index in [1.165, 1.54) is 0 Å². The lowest BCUT2D eigenvalue weighted by molar-refractivity contribution is 0.394. The molecule has 0 saturated carbocycles. The summed E-state index contributed by atoms with van der Waals surface area (Å²) in [5.41, 5.74) is 1.64. The fraction of sp³-hybridized carbons (Fsp3) is 0.125. The van der Waals surface area contributed by atoms with E-state index in [1.54, 1.807) is 44.6 Å². The first-order chi connectivity index (χ1) is 9.21. The van der Waals surface area contributed by atoms with Crippen molar-refractivity contribution in [2.75, 3.05) is 14.2 Å². The number of hydrogen-bond donors (Lipinski definition) is 1. The van der Waals surface area contributed by atoms with Gasteiger partial charge in [0.25, 0.3) is 0 Å². The molecule has 2 aromatic carbocycles. The van der Waals surface area contributed by atoms with Crippen LogP contribution in [0.15, 0.2) is 42.5 Å². The summed E-state index contributed by atoms with van der Waals surface area (Å²) in [5, 5.41) is 9.20. The van der Waals surface area contributed by atoms with Gasteiger partial charge in [-0.1, -0.05) is 11.8 Å². The topological polar surface area (TPSA) is 38.7 Å². The van der Waals surface area contributed by atoms with E-state index in [1.807, 2.05) is 12.1 Å². The van der Waals surface area contributed by atoms with Gasteiger partial charge in [0, 0.05) is 17.2 Å². The minimum absolute atomic E-state index is 0.230. The van der Waals surface area contributed by atoms with Crippen molar-refractivity contribution in [2.45, 2.75) is 0 Å². The molecule has 0 aromatic heterocycles. The Bertz CT molecular complexity index is 596. The van der Waals surface area contributed by atoms with Crippen molar-refractivity contribution in [3.8, 4) is 29.1 Å². The zero-order chi connectivity index (χ0) is 13.7. The summed E-state index contributed by atoms with van der Waals surface area (Å²) in [7, 11) is 3.21. The van der Waals surface area contributed by atoms with E-state index < -0.39 is 0 Å². The number of methoxy groups -OCH3 is 2. The molecule has 0 radical (unpaired) electrons. The highest BCUT2D eigenvalue weighted by Gasteiger charge is 1.99. The first-order valence-corrected chi connectivity index (χ1v) is 5.75. The quantitative estimate of drug-likeness (QED) is 0.837. The third kappa shape index (κ3) is 3.43. The fourth-order valence-electron chi connectivity index (χ4n) is 1.57. The monoisotopic (exact) mass is 254 g/mol. The van der Waals surface area contributed by atoms with Crippen molar-refractivity contribution in [2.24, 2.45) is 0 Å². The molecule has 0 aliphatic carbocycles. The van der Waals surface area contributed by atoms with E-state index in [4.69, 9.17) is 9.47 Å². The molecule has 0 unspecified atom stereocenters. The molecule has 2 aromatic rings. The summed E-state index contributed by atoms with van der Waals surface area (Å²) >= 11 is 0. The normalized spacial score (nSPS) is 9.37. The standard InChI is InChI=1S/C16H14O3/c1-18-15-9-13(10-16(11-15)19-2)4-3-12-5-7-14(17)8-6-12/h5-11,17H,1-2H3. The van der Waals surface area contributed by atoms with E-state index in [9.17, 15) is 5.11 Å². The number of rotatable bonds is 2. The molecule has 0 saturated heterocycles. The summed E-state index contributed by atoms with van der Waals surface area (Å²) in [6.45, 7) is 0. The number of ether oxygens (including phenoxy) is 2. The molecular formula is C16H14O3. The Kier molecular flexibility index (Phi) is 3.94. The van der Waals surface area contributed by atoms with E-state index in [0.29, 0.717) is 11.5 Å². The lowest BCUT2D eigenvalue weighted by atomic mass is 10.1. The Labute approximate surface area is 112 Å². The van der Waals surface area contributed by atoms with Crippen LogP contribution in [0.4, 0.5) is 0 Å². The molecule has 96 valence electrons. The van der Waals surface area contributed by atoms with Crippen LogP contribution in [0.2, 0.25) is 0 Å². The van der Waals surface area contributed by atoms with Crippen LogP contribution in [0.5, 0.6) is 17.2 Å². The number of phenolic OH excluding ortho intramolecular Hbond substituents is 1. The van der Waals surface area contributed by atoms with Crippen molar-refractivity contribution in [3.05, 3.63) is 53.6 Å². The van der Waals surface area contributed by atoms with Crippen LogP contribution >= 0.6 is 0 Å². The van der Waals surface area contributed by atoms with Crippen molar-refractivity contribution in [3.63, 3.8) is 0 Å². The van der Waals surface area contributed by atoms with Gasteiger partial charge in [-0.2, -0.15) is 0 Å². The molecule has 0 amide bonds. The third-order valence-corrected chi connectivity index (χ3v) is 2.57. The molecule has 3 heteroatoms. The number of phenols is 1. The SMILES string of the molecule is COc1cc(C#Cc2ccc(O)cc2)cc(OC)c1. The summed E-state index contributed by atoms with van der Waals surface area (Å²) in [5.74, 6) is 7.69. The first kappa shape index (κ1) is 12.8. The fourth-order valence-corrected chi connectivity index (χ4v) is 1.57. The molecule has 0 fully saturated rings. The molecule has 0 bridgehead atoms. The van der Waals surface area contributed by atoms with Crippen LogP contribution in [-0.4, -0.2) is 19.3 Å². The molecule has 3 nitrogen and oxygen atoms in total. The Balaban J connectivity index is 2.30. The largest absolute Gasteiger partial charge is 0.508 e. The zero-order valence-corrected chi connectivity index (χ0v) is 10.8. The molecule has 19 heavy (non-hydrogen) atoms. The van der Waals surface area contributed by atoms with E-state index in [2.05, 4.69) is 11.8 Å². The summed E-state index contributed by atoms with van der Waals surface area (Å²) in [4.78, 5) is 0. The Hall–Kier alpha value is -2.60. The predicted octanol–water partition coefficient (Wildman–Crippen LogP) is 2.81. The van der Waals surface area contributed by atoms with Crippen molar-refractivity contribution < 1.29 is 14.6 Å². The highest BCUT2D eigenvalue weighted by Crippen LogP contribution is 2.21. The van der Waals surface area contributed by atoms with Crippen LogP contribution < -0.4 is 9.47 Å². The van der Waals surface area contributed by atoms with E-state index in [-0.39, 0.29) is 5.75 Å². The second-order valence-corrected chi connectivity index (χ2v) is 3.90. The number of benzene rings is 2. The number of aromatic hydroxyl groups is 1. The molecule has 0 aliphatic rings. The maximum absolute atomic E-state index is 9.20. The van der Waals surface area contributed by atoms with Gasteiger partial charge in [-0.25, -0.2) is 0 Å². The van der Waals surface area contributed by atoms with Gasteiger partial charge in [0.05, 0.1) is 14.2 Å². The predicted molar refractivity (Wildman–Crippen MR) is 73.6 cm³/mol. The molecule has 0 heterocycles. The third-order valence-electron chi connectivity index (χ3n) is 2.57. The Morgan fingerprint density at radius 3 is 1.84 bits per heavy atom. The summed E-state index contributed by atoms with van der Waals surface area (Å²) in [6.07, 6.45) is 0.